The standard InChI is InChI=1S/C20H20FN3O3S/c1-13-3-9-17(14(2)11-13)27-12-19(26)23-24-20(28)22-18(25)10-6-15-4-7-16(21)8-5-15/h3-11H,12H2,1-2H3,(H,23,26)(H2,22,24,25,28). The van der Waals surface area contributed by atoms with E-state index in [1.165, 1.54) is 36.4 Å². The molecule has 2 amide bonds. The number of rotatable bonds is 5. The van der Waals surface area contributed by atoms with Crippen LogP contribution in [0.3, 0.4) is 0 Å². The third-order valence-electron chi connectivity index (χ3n) is 3.54. The molecule has 0 unspecified atom stereocenters. The van der Waals surface area contributed by atoms with Gasteiger partial charge in [0.1, 0.15) is 11.6 Å². The van der Waals surface area contributed by atoms with E-state index in [0.717, 1.165) is 11.1 Å². The van der Waals surface area contributed by atoms with Crippen LogP contribution in [0, 0.1) is 19.7 Å². The van der Waals surface area contributed by atoms with Gasteiger partial charge in [0, 0.05) is 6.08 Å². The molecule has 0 fully saturated rings. The Morgan fingerprint density at radius 1 is 1.11 bits per heavy atom. The normalized spacial score (nSPS) is 10.4. The van der Waals surface area contributed by atoms with E-state index in [1.54, 1.807) is 6.07 Å². The maximum absolute atomic E-state index is 12.8. The van der Waals surface area contributed by atoms with E-state index < -0.39 is 11.8 Å². The molecule has 2 aromatic carbocycles. The molecule has 0 atom stereocenters. The third kappa shape index (κ3) is 7.16. The summed E-state index contributed by atoms with van der Waals surface area (Å²) < 4.78 is 18.3. The summed E-state index contributed by atoms with van der Waals surface area (Å²) in [4.78, 5) is 23.6. The zero-order chi connectivity index (χ0) is 20.5. The molecule has 0 aliphatic rings. The average Bonchev–Trinajstić information content (AvgIpc) is 2.65. The smallest absolute Gasteiger partial charge is 0.276 e. The Morgan fingerprint density at radius 2 is 1.82 bits per heavy atom. The Balaban J connectivity index is 1.71. The van der Waals surface area contributed by atoms with E-state index >= 15 is 0 Å². The van der Waals surface area contributed by atoms with Gasteiger partial charge in [-0.15, -0.1) is 0 Å². The van der Waals surface area contributed by atoms with Gasteiger partial charge < -0.3 is 4.74 Å². The summed E-state index contributed by atoms with van der Waals surface area (Å²) in [6, 6.07) is 11.3. The Labute approximate surface area is 167 Å². The molecule has 0 radical (unpaired) electrons. The minimum Gasteiger partial charge on any atom is -0.483 e. The van der Waals surface area contributed by atoms with Crippen molar-refractivity contribution in [2.45, 2.75) is 13.8 Å². The molecule has 0 saturated carbocycles. The quantitative estimate of drug-likeness (QED) is 0.408. The summed E-state index contributed by atoms with van der Waals surface area (Å²) in [5, 5.41) is 2.30. The van der Waals surface area contributed by atoms with Crippen molar-refractivity contribution < 1.29 is 18.7 Å². The summed E-state index contributed by atoms with van der Waals surface area (Å²) >= 11 is 4.93. The number of amides is 2. The first-order chi connectivity index (χ1) is 13.3. The molecule has 0 aromatic heterocycles. The molecule has 0 heterocycles. The van der Waals surface area contributed by atoms with Crippen LogP contribution in [0.1, 0.15) is 16.7 Å². The molecular weight excluding hydrogens is 381 g/mol. The van der Waals surface area contributed by atoms with Gasteiger partial charge in [-0.1, -0.05) is 29.8 Å². The second-order valence-electron chi connectivity index (χ2n) is 5.93. The fraction of sp³-hybridized carbons (Fsp3) is 0.150. The van der Waals surface area contributed by atoms with Gasteiger partial charge in [-0.2, -0.15) is 0 Å². The number of benzene rings is 2. The fourth-order valence-corrected chi connectivity index (χ4v) is 2.35. The van der Waals surface area contributed by atoms with Crippen molar-refractivity contribution in [1.82, 2.24) is 16.2 Å². The molecule has 146 valence electrons. The van der Waals surface area contributed by atoms with Crippen LogP contribution in [0.2, 0.25) is 0 Å². The van der Waals surface area contributed by atoms with Crippen LogP contribution < -0.4 is 20.9 Å². The Bertz CT molecular complexity index is 898. The minimum absolute atomic E-state index is 0.0753. The summed E-state index contributed by atoms with van der Waals surface area (Å²) in [6.45, 7) is 3.65. The zero-order valence-corrected chi connectivity index (χ0v) is 16.2. The van der Waals surface area contributed by atoms with Crippen LogP contribution in [0.5, 0.6) is 5.75 Å². The maximum Gasteiger partial charge on any atom is 0.276 e. The monoisotopic (exact) mass is 401 g/mol. The fourth-order valence-electron chi connectivity index (χ4n) is 2.20. The lowest BCUT2D eigenvalue weighted by Crippen LogP contribution is -2.49. The van der Waals surface area contributed by atoms with Crippen molar-refractivity contribution in [3.8, 4) is 5.75 Å². The highest BCUT2D eigenvalue weighted by molar-refractivity contribution is 7.80. The minimum atomic E-state index is -0.498. The molecule has 0 spiro atoms. The molecule has 0 saturated heterocycles. The SMILES string of the molecule is Cc1ccc(OCC(=O)NNC(=S)NC(=O)C=Cc2ccc(F)cc2)c(C)c1. The van der Waals surface area contributed by atoms with Crippen LogP contribution in [-0.4, -0.2) is 23.5 Å². The molecule has 3 N–H and O–H groups in total. The van der Waals surface area contributed by atoms with Crippen LogP contribution in [0.25, 0.3) is 6.08 Å². The van der Waals surface area contributed by atoms with E-state index in [0.29, 0.717) is 11.3 Å². The predicted octanol–water partition coefficient (Wildman–Crippen LogP) is 2.56. The van der Waals surface area contributed by atoms with E-state index in [4.69, 9.17) is 17.0 Å². The summed E-state index contributed by atoms with van der Waals surface area (Å²) in [5.74, 6) is -0.701. The van der Waals surface area contributed by atoms with E-state index in [1.807, 2.05) is 26.0 Å². The van der Waals surface area contributed by atoms with Crippen molar-refractivity contribution >= 4 is 35.2 Å². The topological polar surface area (TPSA) is 79.5 Å². The number of carbonyl (C=O) groups is 2. The van der Waals surface area contributed by atoms with Crippen LogP contribution in [-0.2, 0) is 9.59 Å². The number of hydrazine groups is 1. The highest BCUT2D eigenvalue weighted by atomic mass is 32.1. The van der Waals surface area contributed by atoms with Crippen LogP contribution in [0.4, 0.5) is 4.39 Å². The lowest BCUT2D eigenvalue weighted by molar-refractivity contribution is -0.123. The first kappa shape index (κ1) is 21.0. The molecule has 0 bridgehead atoms. The third-order valence-corrected chi connectivity index (χ3v) is 3.74. The predicted molar refractivity (Wildman–Crippen MR) is 109 cm³/mol. The molecule has 0 aliphatic carbocycles. The van der Waals surface area contributed by atoms with Crippen molar-refractivity contribution in [2.24, 2.45) is 0 Å². The molecule has 0 aliphatic heterocycles. The van der Waals surface area contributed by atoms with Gasteiger partial charge in [-0.3, -0.25) is 25.8 Å². The number of carbonyl (C=O) groups excluding carboxylic acids is 2. The Morgan fingerprint density at radius 3 is 2.50 bits per heavy atom. The Hall–Kier alpha value is -3.26. The highest BCUT2D eigenvalue weighted by Crippen LogP contribution is 2.18. The van der Waals surface area contributed by atoms with Crippen molar-refractivity contribution in [3.05, 3.63) is 71.0 Å². The van der Waals surface area contributed by atoms with Gasteiger partial charge in [0.25, 0.3) is 5.91 Å². The van der Waals surface area contributed by atoms with E-state index in [2.05, 4.69) is 16.2 Å². The molecule has 28 heavy (non-hydrogen) atoms. The number of hydrogen-bond donors (Lipinski definition) is 3. The lowest BCUT2D eigenvalue weighted by Gasteiger charge is -2.12. The highest BCUT2D eigenvalue weighted by Gasteiger charge is 2.06. The zero-order valence-electron chi connectivity index (χ0n) is 15.4. The first-order valence-corrected chi connectivity index (χ1v) is 8.78. The van der Waals surface area contributed by atoms with Crippen molar-refractivity contribution in [1.29, 1.82) is 0 Å². The number of nitrogens with one attached hydrogen (secondary N) is 3. The second kappa shape index (κ2) is 10.2. The summed E-state index contributed by atoms with van der Waals surface area (Å²) in [5.41, 5.74) is 7.44. The number of thiocarbonyl (C=S) groups is 1. The summed E-state index contributed by atoms with van der Waals surface area (Å²) in [7, 11) is 0. The molecule has 2 rings (SSSR count). The number of halogens is 1. The lowest BCUT2D eigenvalue weighted by atomic mass is 10.1. The van der Waals surface area contributed by atoms with E-state index in [-0.39, 0.29) is 17.5 Å². The van der Waals surface area contributed by atoms with Crippen LogP contribution in [0.15, 0.2) is 48.5 Å². The Kier molecular flexibility index (Phi) is 7.65. The largest absolute Gasteiger partial charge is 0.483 e. The summed E-state index contributed by atoms with van der Waals surface area (Å²) in [6.07, 6.45) is 2.75. The average molecular weight is 401 g/mol. The van der Waals surface area contributed by atoms with Crippen molar-refractivity contribution in [2.75, 3.05) is 6.61 Å². The van der Waals surface area contributed by atoms with Gasteiger partial charge in [0.15, 0.2) is 11.7 Å². The van der Waals surface area contributed by atoms with Crippen molar-refractivity contribution in [3.63, 3.8) is 0 Å². The number of hydrogen-bond acceptors (Lipinski definition) is 4. The van der Waals surface area contributed by atoms with Gasteiger partial charge >= 0.3 is 0 Å². The van der Waals surface area contributed by atoms with E-state index in [9.17, 15) is 14.0 Å². The van der Waals surface area contributed by atoms with Gasteiger partial charge in [-0.25, -0.2) is 4.39 Å². The molecule has 2 aromatic rings. The second-order valence-corrected chi connectivity index (χ2v) is 6.34. The van der Waals surface area contributed by atoms with Gasteiger partial charge in [-0.05, 0) is 61.5 Å². The molecule has 6 nitrogen and oxygen atoms in total. The van der Waals surface area contributed by atoms with Gasteiger partial charge in [0.2, 0.25) is 5.91 Å². The number of ether oxygens (including phenoxy) is 1. The maximum atomic E-state index is 12.8. The molecule has 8 heteroatoms. The van der Waals surface area contributed by atoms with Crippen LogP contribution >= 0.6 is 12.2 Å². The number of aryl methyl sites for hydroxylation is 2. The first-order valence-electron chi connectivity index (χ1n) is 8.37. The molecular formula is C20H20FN3O3S. The van der Waals surface area contributed by atoms with Gasteiger partial charge in [0.05, 0.1) is 0 Å².